The first-order valence-corrected chi connectivity index (χ1v) is 6.67. The fourth-order valence-electron chi connectivity index (χ4n) is 2.46. The van der Waals surface area contributed by atoms with E-state index < -0.39 is 0 Å². The monoisotopic (exact) mass is 298 g/mol. The number of aryl methyl sites for hydroxylation is 2. The Balaban J connectivity index is 1.89. The minimum absolute atomic E-state index is 0.298. The third kappa shape index (κ3) is 2.07. The average molecular weight is 298 g/mol. The molecule has 22 heavy (non-hydrogen) atoms. The highest BCUT2D eigenvalue weighted by Crippen LogP contribution is 2.25. The Morgan fingerprint density at radius 1 is 1.09 bits per heavy atom. The lowest BCUT2D eigenvalue weighted by Gasteiger charge is -2.06. The van der Waals surface area contributed by atoms with Gasteiger partial charge in [0.15, 0.2) is 0 Å². The molecular formula is C15H14N4O3. The van der Waals surface area contributed by atoms with Gasteiger partial charge in [0.05, 0.1) is 16.8 Å². The number of nitrogens with one attached hydrogen (secondary N) is 1. The highest BCUT2D eigenvalue weighted by Gasteiger charge is 2.32. The minimum Gasteiger partial charge on any atom is -0.321 e. The number of benzene rings is 1. The summed E-state index contributed by atoms with van der Waals surface area (Å²) in [6.45, 7) is 1.80. The van der Waals surface area contributed by atoms with Crippen molar-refractivity contribution in [1.82, 2.24) is 14.7 Å². The first-order chi connectivity index (χ1) is 10.4. The van der Waals surface area contributed by atoms with Crippen LogP contribution in [-0.4, -0.2) is 39.4 Å². The summed E-state index contributed by atoms with van der Waals surface area (Å²) in [5.41, 5.74) is 2.26. The lowest BCUT2D eigenvalue weighted by atomic mass is 10.1. The molecule has 0 fully saturated rings. The Bertz CT molecular complexity index is 822. The summed E-state index contributed by atoms with van der Waals surface area (Å²) >= 11 is 0. The maximum atomic E-state index is 12.2. The molecule has 1 aromatic heterocycles. The average Bonchev–Trinajstić information content (AvgIpc) is 2.92. The number of anilines is 1. The summed E-state index contributed by atoms with van der Waals surface area (Å²) < 4.78 is 1.49. The standard InChI is InChI=1S/C15H14N4O3/c1-8-6-12(19(3)17-8)13(20)16-9-4-5-10-11(7-9)15(22)18(2)14(10)21/h4-7H,1-3H3,(H,16,20). The zero-order valence-corrected chi connectivity index (χ0v) is 12.4. The number of nitrogens with zero attached hydrogens (tertiary/aromatic N) is 3. The van der Waals surface area contributed by atoms with Gasteiger partial charge >= 0.3 is 0 Å². The molecule has 7 nitrogen and oxygen atoms in total. The lowest BCUT2D eigenvalue weighted by Crippen LogP contribution is -2.24. The van der Waals surface area contributed by atoms with E-state index in [1.165, 1.54) is 17.8 Å². The molecule has 0 aliphatic carbocycles. The molecule has 2 heterocycles. The Hall–Kier alpha value is -2.96. The van der Waals surface area contributed by atoms with Crippen molar-refractivity contribution in [3.63, 3.8) is 0 Å². The molecule has 0 radical (unpaired) electrons. The van der Waals surface area contributed by atoms with Crippen LogP contribution in [0.4, 0.5) is 5.69 Å². The molecule has 112 valence electrons. The van der Waals surface area contributed by atoms with Crippen LogP contribution in [0.1, 0.15) is 36.9 Å². The number of aromatic nitrogens is 2. The molecule has 3 amide bonds. The van der Waals surface area contributed by atoms with E-state index in [9.17, 15) is 14.4 Å². The molecule has 2 aromatic rings. The number of carbonyl (C=O) groups excluding carboxylic acids is 3. The number of amides is 3. The first kappa shape index (κ1) is 14.0. The van der Waals surface area contributed by atoms with Crippen LogP contribution < -0.4 is 5.32 Å². The number of carbonyl (C=O) groups is 3. The van der Waals surface area contributed by atoms with Crippen molar-refractivity contribution in [2.45, 2.75) is 6.92 Å². The van der Waals surface area contributed by atoms with Gasteiger partial charge in [-0.05, 0) is 31.2 Å². The minimum atomic E-state index is -0.368. The normalized spacial score (nSPS) is 13.5. The number of rotatable bonds is 2. The second-order valence-corrected chi connectivity index (χ2v) is 5.18. The summed E-state index contributed by atoms with van der Waals surface area (Å²) in [7, 11) is 3.11. The van der Waals surface area contributed by atoms with Crippen molar-refractivity contribution in [3.8, 4) is 0 Å². The Kier molecular flexibility index (Phi) is 3.05. The van der Waals surface area contributed by atoms with Gasteiger partial charge in [0.25, 0.3) is 17.7 Å². The van der Waals surface area contributed by atoms with Crippen LogP contribution >= 0.6 is 0 Å². The Morgan fingerprint density at radius 3 is 2.41 bits per heavy atom. The molecule has 3 rings (SSSR count). The summed E-state index contributed by atoms with van der Waals surface area (Å²) in [6, 6.07) is 6.33. The molecule has 0 atom stereocenters. The zero-order chi connectivity index (χ0) is 16.0. The second kappa shape index (κ2) is 4.80. The van der Waals surface area contributed by atoms with Gasteiger partial charge in [-0.1, -0.05) is 0 Å². The third-order valence-electron chi connectivity index (χ3n) is 3.58. The number of fused-ring (bicyclic) bond motifs is 1. The zero-order valence-electron chi connectivity index (χ0n) is 12.4. The highest BCUT2D eigenvalue weighted by atomic mass is 16.2. The number of imide groups is 1. The predicted octanol–water partition coefficient (Wildman–Crippen LogP) is 1.21. The third-order valence-corrected chi connectivity index (χ3v) is 3.58. The van der Waals surface area contributed by atoms with E-state index in [2.05, 4.69) is 10.4 Å². The summed E-state index contributed by atoms with van der Waals surface area (Å²) in [5.74, 6) is -1.03. The largest absolute Gasteiger partial charge is 0.321 e. The molecule has 0 unspecified atom stereocenters. The molecule has 0 saturated carbocycles. The summed E-state index contributed by atoms with van der Waals surface area (Å²) in [4.78, 5) is 37.0. The van der Waals surface area contributed by atoms with E-state index in [1.807, 2.05) is 0 Å². The Labute approximate surface area is 126 Å². The SMILES string of the molecule is Cc1cc(C(=O)Nc2ccc3c(c2)C(=O)N(C)C3=O)n(C)n1. The molecule has 0 spiro atoms. The van der Waals surface area contributed by atoms with Crippen molar-refractivity contribution >= 4 is 23.4 Å². The molecule has 1 aliphatic rings. The molecule has 1 aromatic carbocycles. The fourth-order valence-corrected chi connectivity index (χ4v) is 2.46. The van der Waals surface area contributed by atoms with E-state index in [1.54, 1.807) is 32.2 Å². The van der Waals surface area contributed by atoms with Crippen molar-refractivity contribution in [3.05, 3.63) is 46.8 Å². The molecular weight excluding hydrogens is 284 g/mol. The van der Waals surface area contributed by atoms with Gasteiger partial charge in [0, 0.05) is 19.8 Å². The quantitative estimate of drug-likeness (QED) is 0.844. The smallest absolute Gasteiger partial charge is 0.273 e. The van der Waals surface area contributed by atoms with Crippen LogP contribution in [0, 0.1) is 6.92 Å². The molecule has 1 aliphatic heterocycles. The number of hydrogen-bond donors (Lipinski definition) is 1. The van der Waals surface area contributed by atoms with E-state index in [0.29, 0.717) is 22.5 Å². The first-order valence-electron chi connectivity index (χ1n) is 6.67. The van der Waals surface area contributed by atoms with Gasteiger partial charge in [-0.25, -0.2) is 0 Å². The van der Waals surface area contributed by atoms with Gasteiger partial charge in [0.2, 0.25) is 0 Å². The van der Waals surface area contributed by atoms with Gasteiger partial charge < -0.3 is 5.32 Å². The van der Waals surface area contributed by atoms with E-state index >= 15 is 0 Å². The van der Waals surface area contributed by atoms with Crippen molar-refractivity contribution in [1.29, 1.82) is 0 Å². The number of hydrogen-bond acceptors (Lipinski definition) is 4. The van der Waals surface area contributed by atoms with Gasteiger partial charge in [-0.15, -0.1) is 0 Å². The predicted molar refractivity (Wildman–Crippen MR) is 78.8 cm³/mol. The van der Waals surface area contributed by atoms with Gasteiger partial charge in [0.1, 0.15) is 5.69 Å². The van der Waals surface area contributed by atoms with Crippen LogP contribution in [0.2, 0.25) is 0 Å². The van der Waals surface area contributed by atoms with Crippen molar-refractivity contribution < 1.29 is 14.4 Å². The van der Waals surface area contributed by atoms with Crippen LogP contribution in [0.15, 0.2) is 24.3 Å². The molecule has 0 bridgehead atoms. The van der Waals surface area contributed by atoms with Gasteiger partial charge in [-0.2, -0.15) is 5.10 Å². The fraction of sp³-hybridized carbons (Fsp3) is 0.200. The van der Waals surface area contributed by atoms with Crippen LogP contribution in [0.5, 0.6) is 0 Å². The lowest BCUT2D eigenvalue weighted by molar-refractivity contribution is 0.0692. The summed E-state index contributed by atoms with van der Waals surface area (Å²) in [6.07, 6.45) is 0. The van der Waals surface area contributed by atoms with Crippen LogP contribution in [0.25, 0.3) is 0 Å². The second-order valence-electron chi connectivity index (χ2n) is 5.18. The van der Waals surface area contributed by atoms with Crippen LogP contribution in [0.3, 0.4) is 0 Å². The molecule has 7 heteroatoms. The summed E-state index contributed by atoms with van der Waals surface area (Å²) in [5, 5.41) is 6.82. The van der Waals surface area contributed by atoms with E-state index in [-0.39, 0.29) is 17.7 Å². The van der Waals surface area contributed by atoms with Crippen molar-refractivity contribution in [2.24, 2.45) is 7.05 Å². The van der Waals surface area contributed by atoms with Crippen molar-refractivity contribution in [2.75, 3.05) is 12.4 Å². The van der Waals surface area contributed by atoms with Gasteiger partial charge in [-0.3, -0.25) is 24.0 Å². The topological polar surface area (TPSA) is 84.3 Å². The van der Waals surface area contributed by atoms with E-state index in [4.69, 9.17) is 0 Å². The van der Waals surface area contributed by atoms with Crippen LogP contribution in [-0.2, 0) is 7.05 Å². The maximum Gasteiger partial charge on any atom is 0.273 e. The Morgan fingerprint density at radius 2 is 1.77 bits per heavy atom. The van der Waals surface area contributed by atoms with E-state index in [0.717, 1.165) is 10.6 Å². The molecule has 1 N–H and O–H groups in total. The maximum absolute atomic E-state index is 12.2. The molecule has 0 saturated heterocycles. The highest BCUT2D eigenvalue weighted by molar-refractivity contribution is 6.21.